The summed E-state index contributed by atoms with van der Waals surface area (Å²) in [5.74, 6) is -3.21. The van der Waals surface area contributed by atoms with Crippen LogP contribution < -0.4 is 10.0 Å². The first-order chi connectivity index (χ1) is 14.2. The zero-order valence-electron chi connectivity index (χ0n) is 15.7. The van der Waals surface area contributed by atoms with Gasteiger partial charge in [-0.15, -0.1) is 0 Å². The SMILES string of the molecule is CC(NC(=O)c1ccc(NS(=O)(=O)c2ccc(F)c(F)c2)cc1)c1ccc(F)cc1. The lowest BCUT2D eigenvalue weighted by atomic mass is 10.1. The molecule has 0 saturated carbocycles. The third kappa shape index (κ3) is 4.98. The highest BCUT2D eigenvalue weighted by molar-refractivity contribution is 7.92. The Bertz CT molecular complexity index is 1170. The van der Waals surface area contributed by atoms with Gasteiger partial charge < -0.3 is 5.32 Å². The lowest BCUT2D eigenvalue weighted by molar-refractivity contribution is 0.0940. The van der Waals surface area contributed by atoms with Crippen molar-refractivity contribution in [2.45, 2.75) is 17.9 Å². The molecule has 1 unspecified atom stereocenters. The van der Waals surface area contributed by atoms with Gasteiger partial charge in [-0.1, -0.05) is 12.1 Å². The molecule has 9 heteroatoms. The van der Waals surface area contributed by atoms with Crippen LogP contribution in [-0.4, -0.2) is 14.3 Å². The van der Waals surface area contributed by atoms with E-state index in [1.807, 2.05) is 0 Å². The van der Waals surface area contributed by atoms with Crippen LogP contribution in [0.2, 0.25) is 0 Å². The van der Waals surface area contributed by atoms with Gasteiger partial charge in [-0.2, -0.15) is 0 Å². The Morgan fingerprint density at radius 1 is 0.867 bits per heavy atom. The number of nitrogens with one attached hydrogen (secondary N) is 2. The van der Waals surface area contributed by atoms with Gasteiger partial charge in [0.2, 0.25) is 0 Å². The fourth-order valence-electron chi connectivity index (χ4n) is 2.66. The Balaban J connectivity index is 1.68. The molecule has 0 spiro atoms. The number of carbonyl (C=O) groups is 1. The second kappa shape index (κ2) is 8.58. The number of hydrogen-bond acceptors (Lipinski definition) is 3. The van der Waals surface area contributed by atoms with Gasteiger partial charge in [0.05, 0.1) is 10.9 Å². The standard InChI is InChI=1S/C21H17F3N2O3S/c1-13(14-2-6-16(22)7-3-14)25-21(27)15-4-8-17(9-5-15)26-30(28,29)18-10-11-19(23)20(24)12-18/h2-13,26H,1H3,(H,25,27). The summed E-state index contributed by atoms with van der Waals surface area (Å²) in [6.07, 6.45) is 0. The van der Waals surface area contributed by atoms with Crippen molar-refractivity contribution in [2.24, 2.45) is 0 Å². The van der Waals surface area contributed by atoms with Crippen LogP contribution >= 0.6 is 0 Å². The zero-order chi connectivity index (χ0) is 21.9. The summed E-state index contributed by atoms with van der Waals surface area (Å²) in [7, 11) is -4.13. The van der Waals surface area contributed by atoms with Gasteiger partial charge in [-0.25, -0.2) is 21.6 Å². The van der Waals surface area contributed by atoms with Crippen LogP contribution in [0.25, 0.3) is 0 Å². The fraction of sp³-hybridized carbons (Fsp3) is 0.0952. The lowest BCUT2D eigenvalue weighted by Gasteiger charge is -2.15. The van der Waals surface area contributed by atoms with Crippen LogP contribution in [0.1, 0.15) is 28.9 Å². The number of sulfonamides is 1. The highest BCUT2D eigenvalue weighted by Crippen LogP contribution is 2.19. The third-order valence-electron chi connectivity index (χ3n) is 4.32. The molecular weight excluding hydrogens is 417 g/mol. The minimum absolute atomic E-state index is 0.142. The normalized spacial score (nSPS) is 12.3. The van der Waals surface area contributed by atoms with E-state index in [2.05, 4.69) is 10.0 Å². The number of anilines is 1. The fourth-order valence-corrected chi connectivity index (χ4v) is 3.73. The molecular formula is C21H17F3N2O3S. The van der Waals surface area contributed by atoms with Gasteiger partial charge in [0.1, 0.15) is 5.82 Å². The van der Waals surface area contributed by atoms with Crippen molar-refractivity contribution in [1.29, 1.82) is 0 Å². The summed E-state index contributed by atoms with van der Waals surface area (Å²) < 4.78 is 66.2. The van der Waals surface area contributed by atoms with E-state index in [4.69, 9.17) is 0 Å². The lowest BCUT2D eigenvalue weighted by Crippen LogP contribution is -2.26. The molecule has 0 aliphatic heterocycles. The summed E-state index contributed by atoms with van der Waals surface area (Å²) in [6, 6.07) is 13.2. The molecule has 1 amide bonds. The molecule has 0 fully saturated rings. The highest BCUT2D eigenvalue weighted by atomic mass is 32.2. The van der Waals surface area contributed by atoms with Crippen molar-refractivity contribution in [3.8, 4) is 0 Å². The van der Waals surface area contributed by atoms with Gasteiger partial charge in [0.25, 0.3) is 15.9 Å². The number of rotatable bonds is 6. The maximum absolute atomic E-state index is 13.3. The molecule has 0 bridgehead atoms. The van der Waals surface area contributed by atoms with Crippen LogP contribution in [0, 0.1) is 17.5 Å². The van der Waals surface area contributed by atoms with Crippen molar-refractivity contribution < 1.29 is 26.4 Å². The van der Waals surface area contributed by atoms with Gasteiger partial charge in [0.15, 0.2) is 11.6 Å². The van der Waals surface area contributed by atoms with Crippen LogP contribution in [0.15, 0.2) is 71.6 Å². The molecule has 2 N–H and O–H groups in total. The Hall–Kier alpha value is -3.33. The van der Waals surface area contributed by atoms with Gasteiger partial charge in [0, 0.05) is 11.3 Å². The van der Waals surface area contributed by atoms with Crippen molar-refractivity contribution in [3.63, 3.8) is 0 Å². The van der Waals surface area contributed by atoms with Crippen molar-refractivity contribution >= 4 is 21.6 Å². The first-order valence-electron chi connectivity index (χ1n) is 8.80. The van der Waals surface area contributed by atoms with Crippen molar-refractivity contribution in [3.05, 3.63) is 95.3 Å². The number of halogens is 3. The second-order valence-electron chi connectivity index (χ2n) is 6.51. The number of benzene rings is 3. The van der Waals surface area contributed by atoms with Crippen molar-refractivity contribution in [2.75, 3.05) is 4.72 Å². The van der Waals surface area contributed by atoms with Crippen LogP contribution in [0.5, 0.6) is 0 Å². The molecule has 0 aliphatic rings. The van der Waals surface area contributed by atoms with E-state index in [0.29, 0.717) is 6.07 Å². The van der Waals surface area contributed by atoms with Gasteiger partial charge in [-0.3, -0.25) is 9.52 Å². The Labute approximate surface area is 171 Å². The van der Waals surface area contributed by atoms with Crippen LogP contribution in [-0.2, 0) is 10.0 Å². The number of hydrogen-bond donors (Lipinski definition) is 2. The summed E-state index contributed by atoms with van der Waals surface area (Å²) in [5, 5.41) is 2.76. The van der Waals surface area contributed by atoms with Crippen LogP contribution in [0.3, 0.4) is 0 Å². The monoisotopic (exact) mass is 434 g/mol. The van der Waals surface area contributed by atoms with E-state index in [1.54, 1.807) is 19.1 Å². The molecule has 30 heavy (non-hydrogen) atoms. The molecule has 0 radical (unpaired) electrons. The molecule has 3 aromatic rings. The first-order valence-corrected chi connectivity index (χ1v) is 10.3. The predicted molar refractivity (Wildman–Crippen MR) is 106 cm³/mol. The van der Waals surface area contributed by atoms with E-state index >= 15 is 0 Å². The summed E-state index contributed by atoms with van der Waals surface area (Å²) in [4.78, 5) is 11.9. The van der Waals surface area contributed by atoms with E-state index in [1.165, 1.54) is 36.4 Å². The predicted octanol–water partition coefficient (Wildman–Crippen LogP) is 4.40. The molecule has 0 aromatic heterocycles. The van der Waals surface area contributed by atoms with E-state index in [9.17, 15) is 26.4 Å². The van der Waals surface area contributed by atoms with Crippen molar-refractivity contribution in [1.82, 2.24) is 5.32 Å². The number of carbonyl (C=O) groups excluding carboxylic acids is 1. The summed E-state index contributed by atoms with van der Waals surface area (Å²) in [5.41, 5.74) is 1.14. The smallest absolute Gasteiger partial charge is 0.261 e. The van der Waals surface area contributed by atoms with E-state index < -0.39 is 32.5 Å². The van der Waals surface area contributed by atoms with E-state index in [0.717, 1.165) is 17.7 Å². The highest BCUT2D eigenvalue weighted by Gasteiger charge is 2.17. The molecule has 3 aromatic carbocycles. The molecule has 156 valence electrons. The molecule has 0 saturated heterocycles. The van der Waals surface area contributed by atoms with E-state index in [-0.39, 0.29) is 23.1 Å². The number of amides is 1. The molecule has 5 nitrogen and oxygen atoms in total. The third-order valence-corrected chi connectivity index (χ3v) is 5.70. The second-order valence-corrected chi connectivity index (χ2v) is 8.19. The average molecular weight is 434 g/mol. The van der Waals surface area contributed by atoms with Gasteiger partial charge >= 0.3 is 0 Å². The molecule has 3 rings (SSSR count). The van der Waals surface area contributed by atoms with Gasteiger partial charge in [-0.05, 0) is 67.1 Å². The molecule has 0 heterocycles. The minimum Gasteiger partial charge on any atom is -0.346 e. The Kier molecular flexibility index (Phi) is 6.12. The quantitative estimate of drug-likeness (QED) is 0.604. The van der Waals surface area contributed by atoms with Crippen LogP contribution in [0.4, 0.5) is 18.9 Å². The molecule has 1 atom stereocenters. The topological polar surface area (TPSA) is 75.3 Å². The first kappa shape index (κ1) is 21.4. The maximum atomic E-state index is 13.3. The minimum atomic E-state index is -4.13. The average Bonchev–Trinajstić information content (AvgIpc) is 2.70. The maximum Gasteiger partial charge on any atom is 0.261 e. The molecule has 0 aliphatic carbocycles. The zero-order valence-corrected chi connectivity index (χ0v) is 16.5. The Morgan fingerprint density at radius 2 is 1.50 bits per heavy atom. The largest absolute Gasteiger partial charge is 0.346 e. The summed E-state index contributed by atoms with van der Waals surface area (Å²) in [6.45, 7) is 1.75. The Morgan fingerprint density at radius 3 is 2.10 bits per heavy atom. The summed E-state index contributed by atoms with van der Waals surface area (Å²) >= 11 is 0.